The fraction of sp³-hybridized carbons (Fsp3) is 0.357. The molecule has 5 rings (SSSR count). The van der Waals surface area contributed by atoms with E-state index < -0.39 is 17.5 Å². The molecule has 11 nitrogen and oxygen atoms in total. The molecule has 0 aliphatic carbocycles. The van der Waals surface area contributed by atoms with Crippen molar-refractivity contribution in [3.05, 3.63) is 70.8 Å². The number of rotatable bonds is 10. The number of carbonyl (C=O) groups is 1. The highest BCUT2D eigenvalue weighted by Crippen LogP contribution is 2.26. The second-order valence-corrected chi connectivity index (χ2v) is 11.5. The molecule has 0 fully saturated rings. The van der Waals surface area contributed by atoms with Crippen LogP contribution in [0.3, 0.4) is 0 Å². The third kappa shape index (κ3) is 7.11. The number of hydrogen-bond acceptors (Lipinski definition) is 10. The Labute approximate surface area is 239 Å². The minimum absolute atomic E-state index is 0.0533. The van der Waals surface area contributed by atoms with Crippen molar-refractivity contribution in [3.63, 3.8) is 0 Å². The molecule has 0 aliphatic heterocycles. The van der Waals surface area contributed by atoms with Crippen molar-refractivity contribution in [3.8, 4) is 0 Å². The summed E-state index contributed by atoms with van der Waals surface area (Å²) >= 11 is 1.41. The molecule has 0 spiro atoms. The van der Waals surface area contributed by atoms with Crippen molar-refractivity contribution in [2.45, 2.75) is 52.4 Å². The topological polar surface area (TPSA) is 142 Å². The van der Waals surface area contributed by atoms with Gasteiger partial charge in [0.2, 0.25) is 0 Å². The lowest BCUT2D eigenvalue weighted by molar-refractivity contribution is 0.0253. The van der Waals surface area contributed by atoms with Crippen LogP contribution in [0.1, 0.15) is 42.9 Å². The predicted octanol–water partition coefficient (Wildman–Crippen LogP) is 4.62. The number of aromatic amines is 1. The van der Waals surface area contributed by atoms with Gasteiger partial charge in [0.1, 0.15) is 33.9 Å². The number of H-pyrrole nitrogens is 1. The summed E-state index contributed by atoms with van der Waals surface area (Å²) in [5.41, 5.74) is 2.63. The Balaban J connectivity index is 1.28. The first-order valence-electron chi connectivity index (χ1n) is 13.2. The minimum atomic E-state index is -0.644. The number of nitrogens with zero attached hydrogens (tertiary/aromatic N) is 6. The van der Waals surface area contributed by atoms with E-state index in [1.165, 1.54) is 29.9 Å². The smallest absolute Gasteiger partial charge is 0.410 e. The van der Waals surface area contributed by atoms with Crippen molar-refractivity contribution in [2.75, 3.05) is 18.4 Å². The molecule has 5 aromatic rings. The van der Waals surface area contributed by atoms with E-state index in [1.807, 2.05) is 39.0 Å². The van der Waals surface area contributed by atoms with E-state index in [1.54, 1.807) is 11.0 Å². The summed E-state index contributed by atoms with van der Waals surface area (Å²) in [5, 5.41) is 13.3. The Morgan fingerprint density at radius 2 is 1.98 bits per heavy atom. The fourth-order valence-electron chi connectivity index (χ4n) is 4.16. The molecule has 4 heterocycles. The third-order valence-electron chi connectivity index (χ3n) is 6.14. The molecular weight excluding hydrogens is 547 g/mol. The standard InChI is InChI=1S/C28H31FN8O3S/c1-28(2,3)40-27(39)37(11-8-22-34-19-7-6-17(15-38)13-20(19)35-22)12-9-23-36-24-25(32-16-33-26(24)41-23)31-14-21-18(29)5-4-10-30-21/h4-7,10,13,16,38H,8-9,11-12,14-15H2,1-3H3,(H,34,35)(H,31,32,33). The number of benzene rings is 1. The van der Waals surface area contributed by atoms with Crippen LogP contribution in [0.4, 0.5) is 15.0 Å². The SMILES string of the molecule is CC(C)(C)OC(=O)N(CCc1nc2cc(CO)ccc2[nH]1)CCc1nc2c(NCc3ncccc3F)ncnc2s1. The largest absolute Gasteiger partial charge is 0.444 e. The van der Waals surface area contributed by atoms with Crippen LogP contribution in [0, 0.1) is 5.82 Å². The summed E-state index contributed by atoms with van der Waals surface area (Å²) in [4.78, 5) is 40.7. The van der Waals surface area contributed by atoms with E-state index in [-0.39, 0.29) is 18.8 Å². The number of imidazole rings is 1. The van der Waals surface area contributed by atoms with Crippen molar-refractivity contribution in [2.24, 2.45) is 0 Å². The molecule has 0 aliphatic rings. The molecule has 4 aromatic heterocycles. The number of aromatic nitrogens is 6. The Morgan fingerprint density at radius 3 is 2.76 bits per heavy atom. The zero-order chi connectivity index (χ0) is 29.0. The number of hydrogen-bond donors (Lipinski definition) is 3. The van der Waals surface area contributed by atoms with Crippen molar-refractivity contribution in [1.82, 2.24) is 34.8 Å². The number of ether oxygens (including phenoxy) is 1. The molecule has 214 valence electrons. The van der Waals surface area contributed by atoms with Gasteiger partial charge >= 0.3 is 6.09 Å². The van der Waals surface area contributed by atoms with E-state index in [2.05, 4.69) is 30.2 Å². The second-order valence-electron chi connectivity index (χ2n) is 10.4. The van der Waals surface area contributed by atoms with Crippen LogP contribution in [0.5, 0.6) is 0 Å². The summed E-state index contributed by atoms with van der Waals surface area (Å²) in [6.45, 7) is 6.35. The maximum Gasteiger partial charge on any atom is 0.410 e. The number of fused-ring (bicyclic) bond motifs is 2. The van der Waals surface area contributed by atoms with E-state index in [0.717, 1.165) is 27.4 Å². The number of halogens is 1. The summed E-state index contributed by atoms with van der Waals surface area (Å²) < 4.78 is 19.7. The number of amides is 1. The van der Waals surface area contributed by atoms with Gasteiger partial charge < -0.3 is 25.0 Å². The molecule has 0 bridgehead atoms. The van der Waals surface area contributed by atoms with Gasteiger partial charge in [-0.05, 0) is 50.6 Å². The van der Waals surface area contributed by atoms with Gasteiger partial charge in [-0.25, -0.2) is 29.1 Å². The molecule has 0 saturated carbocycles. The van der Waals surface area contributed by atoms with Gasteiger partial charge in [0.05, 0.1) is 34.9 Å². The third-order valence-corrected chi connectivity index (χ3v) is 7.17. The number of anilines is 1. The average molecular weight is 579 g/mol. The highest BCUT2D eigenvalue weighted by atomic mass is 32.1. The van der Waals surface area contributed by atoms with Crippen LogP contribution in [0.25, 0.3) is 21.4 Å². The maximum atomic E-state index is 14.0. The Hall–Kier alpha value is -4.23. The zero-order valence-electron chi connectivity index (χ0n) is 23.0. The summed E-state index contributed by atoms with van der Waals surface area (Å²) in [7, 11) is 0. The van der Waals surface area contributed by atoms with Gasteiger partial charge in [0.15, 0.2) is 5.82 Å². The van der Waals surface area contributed by atoms with E-state index in [4.69, 9.17) is 9.72 Å². The van der Waals surface area contributed by atoms with Crippen LogP contribution in [-0.2, 0) is 30.7 Å². The summed E-state index contributed by atoms with van der Waals surface area (Å²) in [5.74, 6) is 0.823. The zero-order valence-corrected chi connectivity index (χ0v) is 23.8. The first-order valence-corrected chi connectivity index (χ1v) is 14.0. The van der Waals surface area contributed by atoms with Gasteiger partial charge in [-0.2, -0.15) is 0 Å². The van der Waals surface area contributed by atoms with Gasteiger partial charge in [0, 0.05) is 32.1 Å². The average Bonchev–Trinajstić information content (AvgIpc) is 3.54. The van der Waals surface area contributed by atoms with Crippen molar-refractivity contribution in [1.29, 1.82) is 0 Å². The fourth-order valence-corrected chi connectivity index (χ4v) is 5.05. The molecular formula is C28H31FN8O3S. The summed E-state index contributed by atoms with van der Waals surface area (Å²) in [6, 6.07) is 8.47. The second kappa shape index (κ2) is 12.1. The number of thiazole rings is 1. The molecule has 13 heteroatoms. The molecule has 3 N–H and O–H groups in total. The number of carbonyl (C=O) groups excluding carboxylic acids is 1. The molecule has 41 heavy (non-hydrogen) atoms. The van der Waals surface area contributed by atoms with Crippen molar-refractivity contribution >= 4 is 44.6 Å². The maximum absolute atomic E-state index is 14.0. The lowest BCUT2D eigenvalue weighted by Gasteiger charge is -2.27. The van der Waals surface area contributed by atoms with Gasteiger partial charge in [-0.15, -0.1) is 0 Å². The van der Waals surface area contributed by atoms with Crippen LogP contribution < -0.4 is 5.32 Å². The number of nitrogens with one attached hydrogen (secondary N) is 2. The number of aliphatic hydroxyl groups excluding tert-OH is 1. The van der Waals surface area contributed by atoms with Crippen molar-refractivity contribution < 1.29 is 19.0 Å². The molecule has 0 unspecified atom stereocenters. The molecule has 1 amide bonds. The molecule has 0 radical (unpaired) electrons. The first kappa shape index (κ1) is 28.3. The van der Waals surface area contributed by atoms with Crippen LogP contribution in [0.15, 0.2) is 42.9 Å². The minimum Gasteiger partial charge on any atom is -0.444 e. The van der Waals surface area contributed by atoms with E-state index in [9.17, 15) is 14.3 Å². The number of pyridine rings is 1. The lowest BCUT2D eigenvalue weighted by Crippen LogP contribution is -2.39. The Morgan fingerprint density at radius 1 is 1.15 bits per heavy atom. The predicted molar refractivity (Wildman–Crippen MR) is 154 cm³/mol. The van der Waals surface area contributed by atoms with Crippen LogP contribution in [-0.4, -0.2) is 64.7 Å². The monoisotopic (exact) mass is 578 g/mol. The normalized spacial score (nSPS) is 11.7. The van der Waals surface area contributed by atoms with Gasteiger partial charge in [-0.3, -0.25) is 4.98 Å². The number of aliphatic hydroxyl groups is 1. The molecule has 0 saturated heterocycles. The Bertz CT molecular complexity index is 1670. The molecule has 0 atom stereocenters. The summed E-state index contributed by atoms with van der Waals surface area (Å²) in [6.07, 6.45) is 3.52. The van der Waals surface area contributed by atoms with Gasteiger partial charge in [0.25, 0.3) is 0 Å². The quantitative estimate of drug-likeness (QED) is 0.216. The van der Waals surface area contributed by atoms with Gasteiger partial charge in [-0.1, -0.05) is 17.4 Å². The van der Waals surface area contributed by atoms with E-state index in [0.29, 0.717) is 42.1 Å². The van der Waals surface area contributed by atoms with Crippen LogP contribution >= 0.6 is 11.3 Å². The van der Waals surface area contributed by atoms with E-state index >= 15 is 0 Å². The highest BCUT2D eigenvalue weighted by molar-refractivity contribution is 7.18. The van der Waals surface area contributed by atoms with Crippen LogP contribution in [0.2, 0.25) is 0 Å². The molecule has 1 aromatic carbocycles. The lowest BCUT2D eigenvalue weighted by atomic mass is 10.2. The Kier molecular flexibility index (Phi) is 8.36. The first-order chi connectivity index (χ1) is 19.7. The highest BCUT2D eigenvalue weighted by Gasteiger charge is 2.23.